The van der Waals surface area contributed by atoms with Gasteiger partial charge in [0.05, 0.1) is 6.04 Å². The lowest BCUT2D eigenvalue weighted by molar-refractivity contribution is 0.0735. The number of rotatable bonds is 2. The minimum atomic E-state index is -0.478. The molecule has 1 aliphatic heterocycles. The number of nitrogens with zero attached hydrogens (tertiary/aromatic N) is 1. The van der Waals surface area contributed by atoms with E-state index >= 15 is 0 Å². The van der Waals surface area contributed by atoms with Crippen LogP contribution in [0.3, 0.4) is 0 Å². The number of hydrogen-bond donors (Lipinski definition) is 1. The molecule has 3 nitrogen and oxygen atoms in total. The van der Waals surface area contributed by atoms with Gasteiger partial charge in [-0.25, -0.2) is 4.39 Å². The van der Waals surface area contributed by atoms with Gasteiger partial charge in [-0.1, -0.05) is 30.3 Å². The summed E-state index contributed by atoms with van der Waals surface area (Å²) in [7, 11) is 0. The summed E-state index contributed by atoms with van der Waals surface area (Å²) < 4.78 is 13.4. The van der Waals surface area contributed by atoms with Crippen molar-refractivity contribution in [2.24, 2.45) is 0 Å². The Labute approximate surface area is 123 Å². The quantitative estimate of drug-likeness (QED) is 0.859. The Bertz CT molecular complexity index is 637. The molecule has 108 valence electrons. The summed E-state index contributed by atoms with van der Waals surface area (Å²) in [6, 6.07) is 14.0. The molecule has 0 bridgehead atoms. The fourth-order valence-electron chi connectivity index (χ4n) is 2.93. The number of carbonyl (C=O) groups excluding carboxylic acids is 1. The van der Waals surface area contributed by atoms with Gasteiger partial charge in [-0.2, -0.15) is 0 Å². The van der Waals surface area contributed by atoms with E-state index in [2.05, 4.69) is 0 Å². The van der Waals surface area contributed by atoms with E-state index in [9.17, 15) is 9.18 Å². The van der Waals surface area contributed by atoms with Gasteiger partial charge in [0.1, 0.15) is 5.82 Å². The summed E-state index contributed by atoms with van der Waals surface area (Å²) in [6.07, 6.45) is 1.89. The lowest BCUT2D eigenvalue weighted by Crippen LogP contribution is -2.30. The number of halogens is 1. The van der Waals surface area contributed by atoms with Gasteiger partial charge in [0, 0.05) is 17.8 Å². The number of nitrogen functional groups attached to an aromatic ring is 1. The SMILES string of the molecule is Nc1cc(F)cc(C(=O)N2CCCC2c2ccccc2)c1. The minimum Gasteiger partial charge on any atom is -0.399 e. The van der Waals surface area contributed by atoms with Crippen LogP contribution in [-0.2, 0) is 0 Å². The summed E-state index contributed by atoms with van der Waals surface area (Å²) in [5.74, 6) is -0.638. The van der Waals surface area contributed by atoms with Gasteiger partial charge in [-0.15, -0.1) is 0 Å². The first-order valence-electron chi connectivity index (χ1n) is 7.07. The third-order valence-electron chi connectivity index (χ3n) is 3.87. The van der Waals surface area contributed by atoms with Gasteiger partial charge in [-0.05, 0) is 36.6 Å². The second kappa shape index (κ2) is 5.56. The average Bonchev–Trinajstić information content (AvgIpc) is 2.95. The summed E-state index contributed by atoms with van der Waals surface area (Å²) in [5, 5.41) is 0. The number of likely N-dealkylation sites (tertiary alicyclic amines) is 1. The second-order valence-electron chi connectivity index (χ2n) is 5.34. The van der Waals surface area contributed by atoms with Gasteiger partial charge >= 0.3 is 0 Å². The molecule has 2 aromatic carbocycles. The molecule has 2 aromatic rings. The predicted octanol–water partition coefficient (Wildman–Crippen LogP) is 3.39. The molecule has 1 saturated heterocycles. The number of benzene rings is 2. The number of anilines is 1. The van der Waals surface area contributed by atoms with Crippen molar-refractivity contribution in [3.63, 3.8) is 0 Å². The highest BCUT2D eigenvalue weighted by Crippen LogP contribution is 2.33. The Morgan fingerprint density at radius 2 is 1.95 bits per heavy atom. The molecule has 0 radical (unpaired) electrons. The largest absolute Gasteiger partial charge is 0.399 e. The molecule has 1 fully saturated rings. The lowest BCUT2D eigenvalue weighted by Gasteiger charge is -2.25. The van der Waals surface area contributed by atoms with E-state index in [4.69, 9.17) is 5.73 Å². The van der Waals surface area contributed by atoms with E-state index in [1.54, 1.807) is 0 Å². The molecule has 1 heterocycles. The fraction of sp³-hybridized carbons (Fsp3) is 0.235. The van der Waals surface area contributed by atoms with E-state index in [0.29, 0.717) is 12.1 Å². The van der Waals surface area contributed by atoms with Crippen molar-refractivity contribution >= 4 is 11.6 Å². The molecule has 1 amide bonds. The zero-order valence-corrected chi connectivity index (χ0v) is 11.6. The highest BCUT2D eigenvalue weighted by atomic mass is 19.1. The van der Waals surface area contributed by atoms with Crippen LogP contribution in [0.4, 0.5) is 10.1 Å². The highest BCUT2D eigenvalue weighted by molar-refractivity contribution is 5.95. The normalized spacial score (nSPS) is 18.0. The maximum atomic E-state index is 13.4. The van der Waals surface area contributed by atoms with Gasteiger partial charge in [0.2, 0.25) is 0 Å². The van der Waals surface area contributed by atoms with Gasteiger partial charge in [0.15, 0.2) is 0 Å². The third-order valence-corrected chi connectivity index (χ3v) is 3.87. The standard InChI is InChI=1S/C17H17FN2O/c18-14-9-13(10-15(19)11-14)17(21)20-8-4-7-16(20)12-5-2-1-3-6-12/h1-3,5-6,9-11,16H,4,7-8,19H2. The minimum absolute atomic E-state index is 0.0585. The molecule has 0 aliphatic carbocycles. The van der Waals surface area contributed by atoms with Crippen molar-refractivity contribution < 1.29 is 9.18 Å². The Morgan fingerprint density at radius 1 is 1.19 bits per heavy atom. The van der Waals surface area contributed by atoms with Crippen LogP contribution in [-0.4, -0.2) is 17.4 Å². The molecule has 1 unspecified atom stereocenters. The van der Waals surface area contributed by atoms with Crippen LogP contribution in [0.25, 0.3) is 0 Å². The molecule has 0 spiro atoms. The molecule has 4 heteroatoms. The van der Waals surface area contributed by atoms with Gasteiger partial charge in [-0.3, -0.25) is 4.79 Å². The van der Waals surface area contributed by atoms with E-state index in [1.165, 1.54) is 18.2 Å². The fourth-order valence-corrected chi connectivity index (χ4v) is 2.93. The van der Waals surface area contributed by atoms with E-state index in [-0.39, 0.29) is 17.6 Å². The average molecular weight is 284 g/mol. The third kappa shape index (κ3) is 2.75. The van der Waals surface area contributed by atoms with Crippen LogP contribution in [0.5, 0.6) is 0 Å². The maximum Gasteiger partial charge on any atom is 0.254 e. The van der Waals surface area contributed by atoms with Crippen molar-refractivity contribution in [3.8, 4) is 0 Å². The number of carbonyl (C=O) groups is 1. The van der Waals surface area contributed by atoms with Crippen molar-refractivity contribution in [1.29, 1.82) is 0 Å². The molecule has 21 heavy (non-hydrogen) atoms. The number of hydrogen-bond acceptors (Lipinski definition) is 2. The first-order valence-corrected chi connectivity index (χ1v) is 7.07. The van der Waals surface area contributed by atoms with Crippen molar-refractivity contribution in [2.45, 2.75) is 18.9 Å². The van der Waals surface area contributed by atoms with Crippen molar-refractivity contribution in [2.75, 3.05) is 12.3 Å². The van der Waals surface area contributed by atoms with Gasteiger partial charge in [0.25, 0.3) is 5.91 Å². The van der Waals surface area contributed by atoms with Crippen LogP contribution >= 0.6 is 0 Å². The van der Waals surface area contributed by atoms with Gasteiger partial charge < -0.3 is 10.6 Å². The monoisotopic (exact) mass is 284 g/mol. The van der Waals surface area contributed by atoms with Crippen molar-refractivity contribution in [3.05, 3.63) is 65.5 Å². The molecule has 0 saturated carbocycles. The van der Waals surface area contributed by atoms with E-state index in [1.807, 2.05) is 35.2 Å². The zero-order valence-electron chi connectivity index (χ0n) is 11.6. The smallest absolute Gasteiger partial charge is 0.254 e. The Balaban J connectivity index is 1.90. The molecule has 1 aliphatic rings. The van der Waals surface area contributed by atoms with Crippen LogP contribution in [0.1, 0.15) is 34.8 Å². The summed E-state index contributed by atoms with van der Waals surface area (Å²) >= 11 is 0. The summed E-state index contributed by atoms with van der Waals surface area (Å²) in [6.45, 7) is 0.689. The van der Waals surface area contributed by atoms with Crippen LogP contribution in [0.15, 0.2) is 48.5 Å². The number of amides is 1. The van der Waals surface area contributed by atoms with Crippen LogP contribution in [0.2, 0.25) is 0 Å². The summed E-state index contributed by atoms with van der Waals surface area (Å²) in [4.78, 5) is 14.4. The highest BCUT2D eigenvalue weighted by Gasteiger charge is 2.30. The lowest BCUT2D eigenvalue weighted by atomic mass is 10.0. The van der Waals surface area contributed by atoms with Crippen molar-refractivity contribution in [1.82, 2.24) is 4.90 Å². The topological polar surface area (TPSA) is 46.3 Å². The molecule has 2 N–H and O–H groups in total. The Morgan fingerprint density at radius 3 is 2.67 bits per heavy atom. The number of nitrogens with two attached hydrogens (primary N) is 1. The maximum absolute atomic E-state index is 13.4. The molecule has 3 rings (SSSR count). The Kier molecular flexibility index (Phi) is 3.60. The predicted molar refractivity (Wildman–Crippen MR) is 80.3 cm³/mol. The molecule has 0 aromatic heterocycles. The summed E-state index contributed by atoms with van der Waals surface area (Å²) in [5.41, 5.74) is 7.34. The first kappa shape index (κ1) is 13.6. The second-order valence-corrected chi connectivity index (χ2v) is 5.34. The van der Waals surface area contributed by atoms with E-state index in [0.717, 1.165) is 18.4 Å². The molecule has 1 atom stereocenters. The molecular formula is C17H17FN2O. The van der Waals surface area contributed by atoms with Crippen LogP contribution in [0, 0.1) is 5.82 Å². The van der Waals surface area contributed by atoms with E-state index < -0.39 is 5.82 Å². The molecular weight excluding hydrogens is 267 g/mol. The first-order chi connectivity index (χ1) is 10.1. The van der Waals surface area contributed by atoms with Crippen LogP contribution < -0.4 is 5.73 Å². The Hall–Kier alpha value is -2.36. The zero-order chi connectivity index (χ0) is 14.8.